The first kappa shape index (κ1) is 16.2. The van der Waals surface area contributed by atoms with E-state index in [9.17, 15) is 9.59 Å². The Labute approximate surface area is 152 Å². The van der Waals surface area contributed by atoms with E-state index in [2.05, 4.69) is 15.3 Å². The Morgan fingerprint density at radius 3 is 2.92 bits per heavy atom. The van der Waals surface area contributed by atoms with Crippen molar-refractivity contribution in [2.45, 2.75) is 13.3 Å². The van der Waals surface area contributed by atoms with Gasteiger partial charge in [0.05, 0.1) is 18.3 Å². The lowest BCUT2D eigenvalue weighted by atomic mass is 10.2. The summed E-state index contributed by atoms with van der Waals surface area (Å²) >= 11 is 1.35. The number of carbonyl (C=O) groups is 1. The fourth-order valence-electron chi connectivity index (χ4n) is 2.55. The quantitative estimate of drug-likeness (QED) is 0.600. The summed E-state index contributed by atoms with van der Waals surface area (Å²) in [6.07, 6.45) is 3.00. The molecule has 1 N–H and O–H groups in total. The fourth-order valence-corrected chi connectivity index (χ4v) is 3.23. The molecule has 0 aliphatic carbocycles. The number of amides is 1. The van der Waals surface area contributed by atoms with Crippen LogP contribution < -0.4 is 10.9 Å². The van der Waals surface area contributed by atoms with Crippen molar-refractivity contribution in [3.63, 3.8) is 0 Å². The van der Waals surface area contributed by atoms with Crippen LogP contribution in [0.3, 0.4) is 0 Å². The van der Waals surface area contributed by atoms with Crippen molar-refractivity contribution in [2.75, 3.05) is 5.32 Å². The zero-order valence-corrected chi connectivity index (χ0v) is 14.6. The van der Waals surface area contributed by atoms with Crippen molar-refractivity contribution >= 4 is 27.9 Å². The van der Waals surface area contributed by atoms with Gasteiger partial charge in [0.25, 0.3) is 5.56 Å². The van der Waals surface area contributed by atoms with Crippen LogP contribution in [0.2, 0.25) is 0 Å². The third-order valence-electron chi connectivity index (χ3n) is 3.86. The molecule has 4 rings (SSSR count). The van der Waals surface area contributed by atoms with Gasteiger partial charge in [-0.3, -0.25) is 14.0 Å². The SMILES string of the molecule is Cc1oc(-c2ccccc2)nc1CC(=O)Nc1cnc2sccn2c1=O. The molecule has 0 saturated heterocycles. The van der Waals surface area contributed by atoms with Gasteiger partial charge in [0.15, 0.2) is 4.96 Å². The lowest BCUT2D eigenvalue weighted by molar-refractivity contribution is -0.115. The van der Waals surface area contributed by atoms with Crippen molar-refractivity contribution < 1.29 is 9.21 Å². The van der Waals surface area contributed by atoms with Crippen molar-refractivity contribution in [1.29, 1.82) is 0 Å². The van der Waals surface area contributed by atoms with Crippen LogP contribution in [0.15, 0.2) is 57.3 Å². The Morgan fingerprint density at radius 1 is 1.31 bits per heavy atom. The normalized spacial score (nSPS) is 11.0. The summed E-state index contributed by atoms with van der Waals surface area (Å²) in [6.45, 7) is 1.76. The van der Waals surface area contributed by atoms with Gasteiger partial charge in [-0.15, -0.1) is 11.3 Å². The Morgan fingerprint density at radius 2 is 2.12 bits per heavy atom. The average Bonchev–Trinajstić information content (AvgIpc) is 3.26. The lowest BCUT2D eigenvalue weighted by Gasteiger charge is -2.03. The van der Waals surface area contributed by atoms with Crippen LogP contribution in [-0.4, -0.2) is 20.3 Å². The van der Waals surface area contributed by atoms with Gasteiger partial charge in [0, 0.05) is 17.1 Å². The van der Waals surface area contributed by atoms with E-state index in [1.165, 1.54) is 21.9 Å². The molecule has 3 aromatic heterocycles. The standard InChI is InChI=1S/C18H14N4O3S/c1-11-13(21-16(25-11)12-5-3-2-4-6-12)9-15(23)20-14-10-19-18-22(17(14)24)7-8-26-18/h2-8,10H,9H2,1H3,(H,20,23). The van der Waals surface area contributed by atoms with Crippen molar-refractivity contribution in [1.82, 2.24) is 14.4 Å². The van der Waals surface area contributed by atoms with Crippen LogP contribution in [0, 0.1) is 6.92 Å². The van der Waals surface area contributed by atoms with E-state index in [1.807, 2.05) is 30.3 Å². The molecule has 130 valence electrons. The predicted molar refractivity (Wildman–Crippen MR) is 98.3 cm³/mol. The Bertz CT molecular complexity index is 1140. The van der Waals surface area contributed by atoms with E-state index in [4.69, 9.17) is 4.42 Å². The molecule has 0 saturated carbocycles. The number of fused-ring (bicyclic) bond motifs is 1. The Kier molecular flexibility index (Phi) is 4.10. The van der Waals surface area contributed by atoms with Crippen molar-refractivity contribution in [3.8, 4) is 11.5 Å². The molecule has 0 radical (unpaired) electrons. The highest BCUT2D eigenvalue weighted by Gasteiger charge is 2.16. The number of aryl methyl sites for hydroxylation is 1. The summed E-state index contributed by atoms with van der Waals surface area (Å²) in [7, 11) is 0. The van der Waals surface area contributed by atoms with Crippen LogP contribution in [0.5, 0.6) is 0 Å². The van der Waals surface area contributed by atoms with Crippen molar-refractivity contribution in [3.05, 3.63) is 69.9 Å². The highest BCUT2D eigenvalue weighted by molar-refractivity contribution is 7.15. The molecule has 7 nitrogen and oxygen atoms in total. The number of hydrogen-bond donors (Lipinski definition) is 1. The molecule has 0 bridgehead atoms. The molecule has 0 fully saturated rings. The average molecular weight is 366 g/mol. The van der Waals surface area contributed by atoms with E-state index >= 15 is 0 Å². The van der Waals surface area contributed by atoms with Gasteiger partial charge in [-0.05, 0) is 19.1 Å². The molecule has 4 aromatic rings. The minimum Gasteiger partial charge on any atom is -0.441 e. The summed E-state index contributed by atoms with van der Waals surface area (Å²) in [5.41, 5.74) is 1.19. The lowest BCUT2D eigenvalue weighted by Crippen LogP contribution is -2.23. The summed E-state index contributed by atoms with van der Waals surface area (Å²) in [6, 6.07) is 9.46. The minimum absolute atomic E-state index is 0.00788. The molecule has 0 spiro atoms. The molecule has 0 unspecified atom stereocenters. The molecule has 1 amide bonds. The second-order valence-electron chi connectivity index (χ2n) is 5.65. The maximum Gasteiger partial charge on any atom is 0.282 e. The van der Waals surface area contributed by atoms with Gasteiger partial charge in [-0.1, -0.05) is 18.2 Å². The molecular formula is C18H14N4O3S. The van der Waals surface area contributed by atoms with Gasteiger partial charge in [0.1, 0.15) is 11.4 Å². The van der Waals surface area contributed by atoms with E-state index in [-0.39, 0.29) is 23.6 Å². The second-order valence-corrected chi connectivity index (χ2v) is 6.52. The van der Waals surface area contributed by atoms with E-state index in [0.717, 1.165) is 5.56 Å². The number of rotatable bonds is 4. The summed E-state index contributed by atoms with van der Waals surface area (Å²) in [4.78, 5) is 33.8. The van der Waals surface area contributed by atoms with Gasteiger partial charge >= 0.3 is 0 Å². The number of oxazole rings is 1. The van der Waals surface area contributed by atoms with Crippen LogP contribution in [0.25, 0.3) is 16.4 Å². The number of carbonyl (C=O) groups excluding carboxylic acids is 1. The van der Waals surface area contributed by atoms with Crippen LogP contribution >= 0.6 is 11.3 Å². The minimum atomic E-state index is -0.352. The van der Waals surface area contributed by atoms with Gasteiger partial charge in [0.2, 0.25) is 11.8 Å². The predicted octanol–water partition coefficient (Wildman–Crippen LogP) is 2.90. The number of anilines is 1. The molecule has 0 atom stereocenters. The van der Waals surface area contributed by atoms with Crippen LogP contribution in [0.1, 0.15) is 11.5 Å². The fraction of sp³-hybridized carbons (Fsp3) is 0.111. The van der Waals surface area contributed by atoms with Crippen LogP contribution in [-0.2, 0) is 11.2 Å². The highest BCUT2D eigenvalue weighted by atomic mass is 32.1. The maximum absolute atomic E-state index is 12.3. The maximum atomic E-state index is 12.3. The molecule has 3 heterocycles. The molecule has 26 heavy (non-hydrogen) atoms. The highest BCUT2D eigenvalue weighted by Crippen LogP contribution is 2.21. The smallest absolute Gasteiger partial charge is 0.282 e. The summed E-state index contributed by atoms with van der Waals surface area (Å²) < 4.78 is 7.05. The molecule has 0 aliphatic heterocycles. The third-order valence-corrected chi connectivity index (χ3v) is 4.63. The van der Waals surface area contributed by atoms with Gasteiger partial charge in [-0.2, -0.15) is 0 Å². The van der Waals surface area contributed by atoms with Crippen LogP contribution in [0.4, 0.5) is 5.69 Å². The second kappa shape index (κ2) is 6.57. The largest absolute Gasteiger partial charge is 0.441 e. The molecule has 0 aliphatic rings. The Balaban J connectivity index is 1.54. The molecule has 8 heteroatoms. The summed E-state index contributed by atoms with van der Waals surface area (Å²) in [5.74, 6) is 0.685. The zero-order valence-electron chi connectivity index (χ0n) is 13.8. The molecular weight excluding hydrogens is 352 g/mol. The van der Waals surface area contributed by atoms with E-state index < -0.39 is 0 Å². The number of hydrogen-bond acceptors (Lipinski definition) is 6. The molecule has 1 aromatic carbocycles. The summed E-state index contributed by atoms with van der Waals surface area (Å²) in [5, 5.41) is 4.37. The third kappa shape index (κ3) is 3.02. The van der Waals surface area contributed by atoms with Gasteiger partial charge in [-0.25, -0.2) is 9.97 Å². The topological polar surface area (TPSA) is 89.5 Å². The number of thiazole rings is 1. The zero-order chi connectivity index (χ0) is 18.1. The number of benzene rings is 1. The van der Waals surface area contributed by atoms with Crippen molar-refractivity contribution in [2.24, 2.45) is 0 Å². The number of aromatic nitrogens is 3. The number of nitrogens with zero attached hydrogens (tertiary/aromatic N) is 3. The monoisotopic (exact) mass is 366 g/mol. The first-order valence-corrected chi connectivity index (χ1v) is 8.76. The number of nitrogens with one attached hydrogen (secondary N) is 1. The first-order chi connectivity index (χ1) is 12.6. The van der Waals surface area contributed by atoms with E-state index in [1.54, 1.807) is 18.5 Å². The Hall–Kier alpha value is -3.26. The van der Waals surface area contributed by atoms with E-state index in [0.29, 0.717) is 22.3 Å². The first-order valence-electron chi connectivity index (χ1n) is 7.88. The van der Waals surface area contributed by atoms with Gasteiger partial charge < -0.3 is 9.73 Å².